The van der Waals surface area contributed by atoms with Gasteiger partial charge in [0.2, 0.25) is 0 Å². The molecular weight excluding hydrogens is 232 g/mol. The molecular formula is C7H12Cl3N3. The lowest BCUT2D eigenvalue weighted by Crippen LogP contribution is -2.43. The first-order chi connectivity index (χ1) is 6.05. The number of hydrogen-bond acceptors (Lipinski definition) is 3. The molecule has 0 amide bonds. The maximum Gasteiger partial charge on any atom is 0.270 e. The predicted molar refractivity (Wildman–Crippen MR) is 57.1 cm³/mol. The zero-order valence-electron chi connectivity index (χ0n) is 7.30. The molecule has 1 atom stereocenters. The molecule has 0 bridgehead atoms. The average Bonchev–Trinajstić information content (AvgIpc) is 2.47. The molecule has 1 rings (SSSR count). The van der Waals surface area contributed by atoms with Gasteiger partial charge in [0, 0.05) is 0 Å². The van der Waals surface area contributed by atoms with E-state index in [9.17, 15) is 0 Å². The molecule has 0 radical (unpaired) electrons. The number of nitrogens with one attached hydrogen (secondary N) is 1. The van der Waals surface area contributed by atoms with Crippen molar-refractivity contribution >= 4 is 41.1 Å². The second-order valence-electron chi connectivity index (χ2n) is 2.91. The molecule has 1 N–H and O–H groups in total. The standard InChI is InChI=1S/C7H12Cl3N3/c1-2-3-4-6-12-11-5-13(6)7(8,9)10/h5-6,12H,2-4H2,1H3. The second kappa shape index (κ2) is 4.58. The third-order valence-corrected chi connectivity index (χ3v) is 2.45. The Kier molecular flexibility index (Phi) is 3.95. The van der Waals surface area contributed by atoms with Gasteiger partial charge in [0.1, 0.15) is 12.5 Å². The fourth-order valence-electron chi connectivity index (χ4n) is 1.17. The highest BCUT2D eigenvalue weighted by Gasteiger charge is 2.35. The molecule has 0 aromatic carbocycles. The zero-order valence-corrected chi connectivity index (χ0v) is 9.57. The Morgan fingerprint density at radius 2 is 2.23 bits per heavy atom. The normalized spacial score (nSPS) is 22.2. The highest BCUT2D eigenvalue weighted by Crippen LogP contribution is 2.33. The van der Waals surface area contributed by atoms with Gasteiger partial charge in [-0.05, 0) is 12.8 Å². The van der Waals surface area contributed by atoms with Gasteiger partial charge in [0.05, 0.1) is 0 Å². The number of hydrogen-bond donors (Lipinski definition) is 1. The van der Waals surface area contributed by atoms with Crippen molar-refractivity contribution < 1.29 is 0 Å². The van der Waals surface area contributed by atoms with Gasteiger partial charge in [-0.3, -0.25) is 10.3 Å². The van der Waals surface area contributed by atoms with Crippen molar-refractivity contribution in [1.82, 2.24) is 10.3 Å². The predicted octanol–water partition coefficient (Wildman–Crippen LogP) is 2.68. The number of unbranched alkanes of at least 4 members (excludes halogenated alkanes) is 1. The van der Waals surface area contributed by atoms with Crippen molar-refractivity contribution in [3.05, 3.63) is 0 Å². The Balaban J connectivity index is 2.48. The van der Waals surface area contributed by atoms with Crippen LogP contribution in [-0.2, 0) is 0 Å². The molecule has 0 saturated heterocycles. The van der Waals surface area contributed by atoms with E-state index in [1.807, 2.05) is 0 Å². The van der Waals surface area contributed by atoms with Crippen LogP contribution in [0.4, 0.5) is 0 Å². The number of alkyl halides is 3. The minimum Gasteiger partial charge on any atom is -0.295 e. The van der Waals surface area contributed by atoms with E-state index in [1.165, 1.54) is 6.34 Å². The molecule has 0 spiro atoms. The summed E-state index contributed by atoms with van der Waals surface area (Å²) in [5.74, 6) is 0. The number of nitrogens with zero attached hydrogens (tertiary/aromatic N) is 2. The summed E-state index contributed by atoms with van der Waals surface area (Å²) in [6.07, 6.45) is 4.65. The third-order valence-electron chi connectivity index (χ3n) is 1.87. The summed E-state index contributed by atoms with van der Waals surface area (Å²) in [6.45, 7) is 2.12. The SMILES string of the molecule is CCCCC1NN=CN1C(Cl)(Cl)Cl. The molecule has 0 aromatic heterocycles. The van der Waals surface area contributed by atoms with Crippen LogP contribution in [0.5, 0.6) is 0 Å². The van der Waals surface area contributed by atoms with E-state index in [0.29, 0.717) is 0 Å². The quantitative estimate of drug-likeness (QED) is 0.611. The maximum absolute atomic E-state index is 5.74. The molecule has 76 valence electrons. The van der Waals surface area contributed by atoms with Crippen molar-refractivity contribution in [1.29, 1.82) is 0 Å². The van der Waals surface area contributed by atoms with Crippen molar-refractivity contribution in [3.8, 4) is 0 Å². The lowest BCUT2D eigenvalue weighted by molar-refractivity contribution is 0.284. The molecule has 3 nitrogen and oxygen atoms in total. The Morgan fingerprint density at radius 1 is 1.54 bits per heavy atom. The molecule has 0 fully saturated rings. The number of hydrazone groups is 1. The fraction of sp³-hybridized carbons (Fsp3) is 0.857. The summed E-state index contributed by atoms with van der Waals surface area (Å²) in [5.41, 5.74) is 2.89. The Hall–Kier alpha value is 0.140. The van der Waals surface area contributed by atoms with Crippen molar-refractivity contribution in [2.75, 3.05) is 0 Å². The Morgan fingerprint density at radius 3 is 2.77 bits per heavy atom. The molecule has 1 heterocycles. The van der Waals surface area contributed by atoms with Crippen LogP contribution in [-0.4, -0.2) is 21.3 Å². The number of rotatable bonds is 3. The van der Waals surface area contributed by atoms with Crippen LogP contribution in [0.15, 0.2) is 5.10 Å². The van der Waals surface area contributed by atoms with E-state index in [0.717, 1.165) is 19.3 Å². The molecule has 0 aromatic rings. The minimum atomic E-state index is -1.41. The molecule has 1 aliphatic heterocycles. The molecule has 1 aliphatic rings. The van der Waals surface area contributed by atoms with Gasteiger partial charge < -0.3 is 0 Å². The molecule has 13 heavy (non-hydrogen) atoms. The first-order valence-electron chi connectivity index (χ1n) is 4.19. The van der Waals surface area contributed by atoms with Crippen LogP contribution in [0, 0.1) is 0 Å². The lowest BCUT2D eigenvalue weighted by atomic mass is 10.2. The molecule has 0 aliphatic carbocycles. The first-order valence-corrected chi connectivity index (χ1v) is 5.33. The molecule has 0 saturated carbocycles. The minimum absolute atomic E-state index is 0.00690. The summed E-state index contributed by atoms with van der Waals surface area (Å²) in [4.78, 5) is 1.59. The van der Waals surface area contributed by atoms with E-state index in [-0.39, 0.29) is 6.17 Å². The summed E-state index contributed by atoms with van der Waals surface area (Å²) < 4.78 is -1.41. The van der Waals surface area contributed by atoms with Crippen molar-refractivity contribution in [3.63, 3.8) is 0 Å². The van der Waals surface area contributed by atoms with Gasteiger partial charge in [-0.2, -0.15) is 5.10 Å². The van der Waals surface area contributed by atoms with Gasteiger partial charge in [-0.25, -0.2) is 0 Å². The van der Waals surface area contributed by atoms with Crippen LogP contribution >= 0.6 is 34.8 Å². The second-order valence-corrected chi connectivity index (χ2v) is 5.13. The van der Waals surface area contributed by atoms with E-state index in [4.69, 9.17) is 34.8 Å². The van der Waals surface area contributed by atoms with Crippen LogP contribution in [0.2, 0.25) is 0 Å². The van der Waals surface area contributed by atoms with Crippen molar-refractivity contribution in [2.24, 2.45) is 5.10 Å². The lowest BCUT2D eigenvalue weighted by Gasteiger charge is -2.29. The topological polar surface area (TPSA) is 27.6 Å². The van der Waals surface area contributed by atoms with Gasteiger partial charge >= 0.3 is 0 Å². The molecule has 1 unspecified atom stereocenters. The van der Waals surface area contributed by atoms with Gasteiger partial charge in [-0.1, -0.05) is 48.1 Å². The number of halogens is 3. The molecule has 6 heteroatoms. The smallest absolute Gasteiger partial charge is 0.270 e. The Bertz CT molecular complexity index is 190. The fourth-order valence-corrected chi connectivity index (χ4v) is 1.65. The van der Waals surface area contributed by atoms with Gasteiger partial charge in [0.15, 0.2) is 0 Å². The highest BCUT2D eigenvalue weighted by molar-refractivity contribution is 6.67. The van der Waals surface area contributed by atoms with E-state index in [2.05, 4.69) is 17.5 Å². The average molecular weight is 245 g/mol. The first kappa shape index (κ1) is 11.2. The van der Waals surface area contributed by atoms with E-state index in [1.54, 1.807) is 4.90 Å². The highest BCUT2D eigenvalue weighted by atomic mass is 35.6. The van der Waals surface area contributed by atoms with Gasteiger partial charge in [0.25, 0.3) is 3.92 Å². The monoisotopic (exact) mass is 243 g/mol. The van der Waals surface area contributed by atoms with Crippen LogP contribution in [0.25, 0.3) is 0 Å². The summed E-state index contributed by atoms with van der Waals surface area (Å²) in [6, 6.07) is 0. The summed E-state index contributed by atoms with van der Waals surface area (Å²) in [5, 5.41) is 3.86. The van der Waals surface area contributed by atoms with Crippen LogP contribution in [0.1, 0.15) is 26.2 Å². The van der Waals surface area contributed by atoms with Crippen LogP contribution < -0.4 is 5.43 Å². The summed E-state index contributed by atoms with van der Waals surface area (Å²) >= 11 is 17.2. The van der Waals surface area contributed by atoms with Crippen LogP contribution in [0.3, 0.4) is 0 Å². The van der Waals surface area contributed by atoms with Crippen molar-refractivity contribution in [2.45, 2.75) is 36.3 Å². The van der Waals surface area contributed by atoms with E-state index < -0.39 is 3.92 Å². The van der Waals surface area contributed by atoms with Gasteiger partial charge in [-0.15, -0.1) is 0 Å². The third kappa shape index (κ3) is 3.08. The maximum atomic E-state index is 5.74. The van der Waals surface area contributed by atoms with E-state index >= 15 is 0 Å². The largest absolute Gasteiger partial charge is 0.295 e. The summed E-state index contributed by atoms with van der Waals surface area (Å²) in [7, 11) is 0. The zero-order chi connectivity index (χ0) is 9.90. The Labute approximate surface area is 93.0 Å².